The maximum absolute atomic E-state index is 13.2. The molecule has 2 aromatic carbocycles. The van der Waals surface area contributed by atoms with Crippen molar-refractivity contribution in [1.29, 1.82) is 0 Å². The molecule has 0 bridgehead atoms. The lowest BCUT2D eigenvalue weighted by Gasteiger charge is -2.23. The van der Waals surface area contributed by atoms with Crippen LogP contribution in [-0.2, 0) is 23.0 Å². The minimum Gasteiger partial charge on any atom is -0.333 e. The van der Waals surface area contributed by atoms with Gasteiger partial charge >= 0.3 is 0 Å². The molecule has 1 amide bonds. The van der Waals surface area contributed by atoms with Crippen molar-refractivity contribution in [2.24, 2.45) is 0 Å². The summed E-state index contributed by atoms with van der Waals surface area (Å²) < 4.78 is 25.7. The van der Waals surface area contributed by atoms with Gasteiger partial charge in [-0.15, -0.1) is 11.3 Å². The van der Waals surface area contributed by atoms with E-state index in [-0.39, 0.29) is 10.8 Å². The van der Waals surface area contributed by atoms with E-state index >= 15 is 0 Å². The molecule has 0 saturated carbocycles. The third-order valence-corrected chi connectivity index (χ3v) is 7.64. The van der Waals surface area contributed by atoms with Gasteiger partial charge in [0.1, 0.15) is 0 Å². The monoisotopic (exact) mass is 442 g/mol. The molecule has 0 radical (unpaired) electrons. The molecule has 0 unspecified atom stereocenters. The Hall–Kier alpha value is -2.48. The van der Waals surface area contributed by atoms with Gasteiger partial charge in [-0.05, 0) is 55.3 Å². The van der Waals surface area contributed by atoms with Crippen LogP contribution in [-0.4, -0.2) is 44.2 Å². The Morgan fingerprint density at radius 3 is 2.17 bits per heavy atom. The number of carbonyl (C=O) groups is 1. The molecule has 0 aliphatic carbocycles. The number of carbonyl (C=O) groups excluding carboxylic acids is 1. The summed E-state index contributed by atoms with van der Waals surface area (Å²) in [5, 5.41) is 0. The molecule has 1 heterocycles. The summed E-state index contributed by atoms with van der Waals surface area (Å²) in [5.41, 5.74) is 1.65. The van der Waals surface area contributed by atoms with E-state index in [0.717, 1.165) is 15.6 Å². The highest BCUT2D eigenvalue weighted by Gasteiger charge is 2.20. The highest BCUT2D eigenvalue weighted by atomic mass is 32.2. The first-order valence-electron chi connectivity index (χ1n) is 9.68. The number of sulfonamides is 1. The molecule has 3 rings (SSSR count). The van der Waals surface area contributed by atoms with Crippen LogP contribution in [0.3, 0.4) is 0 Å². The van der Waals surface area contributed by atoms with Crippen LogP contribution in [0.25, 0.3) is 0 Å². The topological polar surface area (TPSA) is 57.7 Å². The van der Waals surface area contributed by atoms with Crippen molar-refractivity contribution in [2.45, 2.75) is 24.8 Å². The largest absolute Gasteiger partial charge is 0.333 e. The van der Waals surface area contributed by atoms with Gasteiger partial charge in [0.2, 0.25) is 10.0 Å². The van der Waals surface area contributed by atoms with Crippen LogP contribution >= 0.6 is 11.3 Å². The second-order valence-corrected chi connectivity index (χ2v) is 10.8. The van der Waals surface area contributed by atoms with E-state index in [2.05, 4.69) is 24.3 Å². The number of benzene rings is 2. The maximum Gasteiger partial charge on any atom is 0.254 e. The summed E-state index contributed by atoms with van der Waals surface area (Å²) in [5.74, 6) is -0.106. The van der Waals surface area contributed by atoms with Gasteiger partial charge in [-0.3, -0.25) is 4.79 Å². The first kappa shape index (κ1) is 22.2. The summed E-state index contributed by atoms with van der Waals surface area (Å²) in [7, 11) is -0.544. The van der Waals surface area contributed by atoms with Gasteiger partial charge in [-0.1, -0.05) is 30.3 Å². The van der Waals surface area contributed by atoms with Gasteiger partial charge < -0.3 is 4.90 Å². The SMILES string of the molecule is Cc1ccc(CN(CCc2ccccc2)C(=O)c2ccc(S(=O)(=O)N(C)C)cc2)s1. The zero-order valence-corrected chi connectivity index (χ0v) is 19.0. The second kappa shape index (κ2) is 9.55. The molecule has 0 spiro atoms. The van der Waals surface area contributed by atoms with E-state index in [0.29, 0.717) is 18.7 Å². The van der Waals surface area contributed by atoms with Crippen LogP contribution in [0, 0.1) is 6.92 Å². The summed E-state index contributed by atoms with van der Waals surface area (Å²) in [6.07, 6.45) is 0.754. The molecule has 0 saturated heterocycles. The molecule has 0 N–H and O–H groups in total. The fourth-order valence-electron chi connectivity index (χ4n) is 3.08. The minimum absolute atomic E-state index is 0.106. The number of nitrogens with zero attached hydrogens (tertiary/aromatic N) is 2. The van der Waals surface area contributed by atoms with Gasteiger partial charge in [-0.2, -0.15) is 0 Å². The molecular formula is C23H26N2O3S2. The maximum atomic E-state index is 13.2. The van der Waals surface area contributed by atoms with Crippen molar-refractivity contribution in [3.8, 4) is 0 Å². The van der Waals surface area contributed by atoms with Gasteiger partial charge in [0.25, 0.3) is 5.91 Å². The van der Waals surface area contributed by atoms with Crippen LogP contribution in [0.5, 0.6) is 0 Å². The third kappa shape index (κ3) is 5.36. The lowest BCUT2D eigenvalue weighted by Crippen LogP contribution is -2.32. The number of amides is 1. The van der Waals surface area contributed by atoms with Crippen LogP contribution in [0.1, 0.15) is 25.7 Å². The second-order valence-electron chi connectivity index (χ2n) is 7.29. The smallest absolute Gasteiger partial charge is 0.254 e. The molecule has 30 heavy (non-hydrogen) atoms. The minimum atomic E-state index is -3.52. The number of thiophene rings is 1. The van der Waals surface area contributed by atoms with E-state index in [1.165, 1.54) is 36.7 Å². The van der Waals surface area contributed by atoms with Gasteiger partial charge in [0.15, 0.2) is 0 Å². The summed E-state index contributed by atoms with van der Waals surface area (Å²) >= 11 is 1.68. The van der Waals surface area contributed by atoms with Gasteiger partial charge in [0.05, 0.1) is 11.4 Å². The predicted octanol–water partition coefficient (Wildman–Crippen LogP) is 4.19. The van der Waals surface area contributed by atoms with Gasteiger partial charge in [0, 0.05) is 36.0 Å². The highest BCUT2D eigenvalue weighted by Crippen LogP contribution is 2.20. The van der Waals surface area contributed by atoms with Crippen molar-refractivity contribution in [3.05, 3.63) is 87.6 Å². The average Bonchev–Trinajstić information content (AvgIpc) is 3.16. The number of rotatable bonds is 8. The Morgan fingerprint density at radius 1 is 0.933 bits per heavy atom. The molecule has 0 aliphatic rings. The molecule has 5 nitrogen and oxygen atoms in total. The Kier molecular flexibility index (Phi) is 7.07. The summed E-state index contributed by atoms with van der Waals surface area (Å²) in [4.78, 5) is 17.6. The standard InChI is InChI=1S/C23H26N2O3S2/c1-18-9-12-21(29-18)17-25(16-15-19-7-5-4-6-8-19)23(26)20-10-13-22(14-11-20)30(27,28)24(2)3/h4-14H,15-17H2,1-3H3. The average molecular weight is 443 g/mol. The predicted molar refractivity (Wildman–Crippen MR) is 121 cm³/mol. The molecule has 3 aromatic rings. The molecule has 0 aliphatic heterocycles. The van der Waals surface area contributed by atoms with Crippen LogP contribution in [0.15, 0.2) is 71.6 Å². The van der Waals surface area contributed by atoms with Crippen molar-refractivity contribution in [2.75, 3.05) is 20.6 Å². The first-order chi connectivity index (χ1) is 14.3. The first-order valence-corrected chi connectivity index (χ1v) is 11.9. The van der Waals surface area contributed by atoms with Crippen molar-refractivity contribution in [3.63, 3.8) is 0 Å². The fourth-order valence-corrected chi connectivity index (χ4v) is 4.89. The molecule has 1 aromatic heterocycles. The van der Waals surface area contributed by atoms with E-state index in [4.69, 9.17) is 0 Å². The quantitative estimate of drug-likeness (QED) is 0.526. The van der Waals surface area contributed by atoms with E-state index < -0.39 is 10.0 Å². The van der Waals surface area contributed by atoms with Crippen molar-refractivity contribution in [1.82, 2.24) is 9.21 Å². The number of hydrogen-bond donors (Lipinski definition) is 0. The summed E-state index contributed by atoms with van der Waals surface area (Å²) in [6.45, 7) is 3.16. The highest BCUT2D eigenvalue weighted by molar-refractivity contribution is 7.89. The molecule has 7 heteroatoms. The van der Waals surface area contributed by atoms with Gasteiger partial charge in [-0.25, -0.2) is 12.7 Å². The molecule has 0 atom stereocenters. The Balaban J connectivity index is 1.81. The van der Waals surface area contributed by atoms with Crippen molar-refractivity contribution >= 4 is 27.3 Å². The lowest BCUT2D eigenvalue weighted by molar-refractivity contribution is 0.0746. The van der Waals surface area contributed by atoms with E-state index in [9.17, 15) is 13.2 Å². The normalized spacial score (nSPS) is 11.6. The molecule has 0 fully saturated rings. The zero-order valence-electron chi connectivity index (χ0n) is 17.4. The molecule has 158 valence electrons. The molecular weight excluding hydrogens is 416 g/mol. The third-order valence-electron chi connectivity index (χ3n) is 4.82. The van der Waals surface area contributed by atoms with E-state index in [1.54, 1.807) is 23.5 Å². The lowest BCUT2D eigenvalue weighted by atomic mass is 10.1. The van der Waals surface area contributed by atoms with E-state index in [1.807, 2.05) is 30.0 Å². The number of aryl methyl sites for hydroxylation is 1. The Morgan fingerprint density at radius 2 is 1.60 bits per heavy atom. The van der Waals surface area contributed by atoms with Crippen molar-refractivity contribution < 1.29 is 13.2 Å². The Labute approximate surface area is 182 Å². The van der Waals surface area contributed by atoms with Crippen LogP contribution in [0.4, 0.5) is 0 Å². The zero-order chi connectivity index (χ0) is 21.7. The van der Waals surface area contributed by atoms with Crippen LogP contribution in [0.2, 0.25) is 0 Å². The summed E-state index contributed by atoms with van der Waals surface area (Å²) in [6, 6.07) is 20.3. The Bertz CT molecular complexity index is 1090. The van der Waals surface area contributed by atoms with Crippen LogP contribution < -0.4 is 0 Å². The fraction of sp³-hybridized carbons (Fsp3) is 0.261. The number of hydrogen-bond acceptors (Lipinski definition) is 4.